The largest absolute Gasteiger partial charge is 0.326 e. The second kappa shape index (κ2) is 9.44. The van der Waals surface area contributed by atoms with Crippen LogP contribution in [0.5, 0.6) is 0 Å². The van der Waals surface area contributed by atoms with Crippen LogP contribution in [0.1, 0.15) is 17.3 Å². The SMILES string of the molecule is CC(=O)SCC(=O)c1cccc(SNc2ccc(-c3ccccc3)cc2)c1. The number of thioether (sulfide) groups is 1. The molecule has 3 aromatic carbocycles. The van der Waals surface area contributed by atoms with Gasteiger partial charge in [-0.05, 0) is 47.3 Å². The van der Waals surface area contributed by atoms with Crippen molar-refractivity contribution in [3.05, 3.63) is 84.4 Å². The predicted molar refractivity (Wildman–Crippen MR) is 115 cm³/mol. The van der Waals surface area contributed by atoms with Gasteiger partial charge in [0, 0.05) is 23.1 Å². The summed E-state index contributed by atoms with van der Waals surface area (Å²) < 4.78 is 3.30. The van der Waals surface area contributed by atoms with E-state index in [1.165, 1.54) is 30.0 Å². The van der Waals surface area contributed by atoms with Crippen LogP contribution in [0, 0.1) is 0 Å². The molecule has 5 heteroatoms. The number of rotatable bonds is 7. The van der Waals surface area contributed by atoms with E-state index in [1.807, 2.05) is 48.5 Å². The van der Waals surface area contributed by atoms with E-state index in [-0.39, 0.29) is 16.7 Å². The monoisotopic (exact) mass is 393 g/mol. The van der Waals surface area contributed by atoms with Crippen molar-refractivity contribution in [3.63, 3.8) is 0 Å². The van der Waals surface area contributed by atoms with Crippen LogP contribution in [0.25, 0.3) is 11.1 Å². The zero-order valence-corrected chi connectivity index (χ0v) is 16.5. The third kappa shape index (κ3) is 5.74. The summed E-state index contributed by atoms with van der Waals surface area (Å²) in [6.07, 6.45) is 0. The molecule has 0 heterocycles. The van der Waals surface area contributed by atoms with Gasteiger partial charge in [-0.3, -0.25) is 9.59 Å². The van der Waals surface area contributed by atoms with Crippen molar-refractivity contribution < 1.29 is 9.59 Å². The highest BCUT2D eigenvalue weighted by Crippen LogP contribution is 2.25. The molecule has 0 aliphatic heterocycles. The van der Waals surface area contributed by atoms with E-state index in [0.717, 1.165) is 22.3 Å². The fraction of sp³-hybridized carbons (Fsp3) is 0.0909. The number of ketones is 1. The summed E-state index contributed by atoms with van der Waals surface area (Å²) in [5, 5.41) is -0.0468. The molecule has 3 rings (SSSR count). The van der Waals surface area contributed by atoms with Crippen LogP contribution in [0.2, 0.25) is 0 Å². The number of hydrogen-bond acceptors (Lipinski definition) is 5. The van der Waals surface area contributed by atoms with Gasteiger partial charge < -0.3 is 4.72 Å². The van der Waals surface area contributed by atoms with Crippen LogP contribution in [-0.4, -0.2) is 16.7 Å². The summed E-state index contributed by atoms with van der Waals surface area (Å²) in [5.74, 6) is 0.141. The summed E-state index contributed by atoms with van der Waals surface area (Å²) in [6.45, 7) is 1.47. The lowest BCUT2D eigenvalue weighted by molar-refractivity contribution is -0.109. The Morgan fingerprint density at radius 1 is 0.852 bits per heavy atom. The second-order valence-electron chi connectivity index (χ2n) is 5.88. The Bertz CT molecular complexity index is 925. The van der Waals surface area contributed by atoms with E-state index in [4.69, 9.17) is 0 Å². The van der Waals surface area contributed by atoms with Gasteiger partial charge in [0.05, 0.1) is 5.75 Å². The molecular weight excluding hydrogens is 374 g/mol. The van der Waals surface area contributed by atoms with E-state index < -0.39 is 0 Å². The molecule has 3 aromatic rings. The molecule has 0 radical (unpaired) electrons. The molecule has 27 heavy (non-hydrogen) atoms. The number of carbonyl (C=O) groups is 2. The maximum atomic E-state index is 12.1. The Balaban J connectivity index is 1.61. The first-order chi connectivity index (χ1) is 13.1. The average Bonchev–Trinajstić information content (AvgIpc) is 2.71. The molecule has 0 aromatic heterocycles. The maximum Gasteiger partial charge on any atom is 0.186 e. The first kappa shape index (κ1) is 19.3. The summed E-state index contributed by atoms with van der Waals surface area (Å²) in [4.78, 5) is 24.1. The first-order valence-electron chi connectivity index (χ1n) is 8.47. The summed E-state index contributed by atoms with van der Waals surface area (Å²) in [7, 11) is 0. The zero-order valence-electron chi connectivity index (χ0n) is 14.8. The topological polar surface area (TPSA) is 46.2 Å². The predicted octanol–water partition coefficient (Wildman–Crippen LogP) is 5.94. The fourth-order valence-corrected chi connectivity index (χ4v) is 3.67. The third-order valence-corrected chi connectivity index (χ3v) is 5.48. The van der Waals surface area contributed by atoms with Gasteiger partial charge in [0.15, 0.2) is 10.9 Å². The molecule has 0 atom stereocenters. The van der Waals surface area contributed by atoms with Crippen molar-refractivity contribution in [2.24, 2.45) is 0 Å². The summed E-state index contributed by atoms with van der Waals surface area (Å²) in [6, 6.07) is 25.9. The van der Waals surface area contributed by atoms with Crippen molar-refractivity contribution in [3.8, 4) is 11.1 Å². The van der Waals surface area contributed by atoms with Gasteiger partial charge >= 0.3 is 0 Å². The van der Waals surface area contributed by atoms with Gasteiger partial charge in [-0.1, -0.05) is 66.4 Å². The van der Waals surface area contributed by atoms with Crippen molar-refractivity contribution in [1.29, 1.82) is 0 Å². The zero-order chi connectivity index (χ0) is 19.1. The normalized spacial score (nSPS) is 10.4. The molecule has 0 fully saturated rings. The smallest absolute Gasteiger partial charge is 0.186 e. The molecule has 1 N–H and O–H groups in total. The van der Waals surface area contributed by atoms with E-state index in [9.17, 15) is 9.59 Å². The summed E-state index contributed by atoms with van der Waals surface area (Å²) >= 11 is 2.49. The van der Waals surface area contributed by atoms with Crippen LogP contribution in [0.4, 0.5) is 5.69 Å². The Kier molecular flexibility index (Phi) is 6.74. The van der Waals surface area contributed by atoms with Gasteiger partial charge in [0.2, 0.25) is 0 Å². The van der Waals surface area contributed by atoms with Crippen LogP contribution < -0.4 is 4.72 Å². The standard InChI is InChI=1S/C22H19NO2S2/c1-16(24)26-15-22(25)19-8-5-9-21(14-19)27-23-20-12-10-18(11-13-20)17-6-3-2-4-7-17/h2-14,23H,15H2,1H3. The molecule has 0 aliphatic rings. The molecule has 0 amide bonds. The number of benzene rings is 3. The lowest BCUT2D eigenvalue weighted by atomic mass is 10.1. The maximum absolute atomic E-state index is 12.1. The number of nitrogens with one attached hydrogen (secondary N) is 1. The Hall–Kier alpha value is -2.50. The van der Waals surface area contributed by atoms with Gasteiger partial charge in [-0.2, -0.15) is 0 Å². The molecule has 0 saturated carbocycles. The summed E-state index contributed by atoms with van der Waals surface area (Å²) in [5.41, 5.74) is 3.96. The van der Waals surface area contributed by atoms with Crippen LogP contribution in [0.15, 0.2) is 83.8 Å². The van der Waals surface area contributed by atoms with Gasteiger partial charge in [0.25, 0.3) is 0 Å². The molecule has 0 unspecified atom stereocenters. The molecule has 0 saturated heterocycles. The van der Waals surface area contributed by atoms with Crippen molar-refractivity contribution >= 4 is 40.3 Å². The van der Waals surface area contributed by atoms with Gasteiger partial charge in [-0.15, -0.1) is 0 Å². The highest BCUT2D eigenvalue weighted by Gasteiger charge is 2.08. The number of anilines is 1. The third-order valence-electron chi connectivity index (χ3n) is 3.84. The molecule has 136 valence electrons. The van der Waals surface area contributed by atoms with E-state index in [0.29, 0.717) is 5.56 Å². The second-order valence-corrected chi connectivity index (χ2v) is 7.91. The van der Waals surface area contributed by atoms with Crippen molar-refractivity contribution in [1.82, 2.24) is 0 Å². The van der Waals surface area contributed by atoms with Gasteiger partial charge in [0.1, 0.15) is 0 Å². The number of hydrogen-bond donors (Lipinski definition) is 1. The molecular formula is C22H19NO2S2. The number of Topliss-reactive ketones (excluding diaryl/α,β-unsaturated/α-hetero) is 1. The Labute approximate surface area is 167 Å². The molecule has 0 aliphatic carbocycles. The molecule has 3 nitrogen and oxygen atoms in total. The minimum Gasteiger partial charge on any atom is -0.326 e. The van der Waals surface area contributed by atoms with E-state index in [1.54, 1.807) is 6.07 Å². The Morgan fingerprint density at radius 3 is 2.26 bits per heavy atom. The number of carbonyl (C=O) groups excluding carboxylic acids is 2. The minimum absolute atomic E-state index is 0.0372. The van der Waals surface area contributed by atoms with Crippen molar-refractivity contribution in [2.45, 2.75) is 11.8 Å². The van der Waals surface area contributed by atoms with Crippen LogP contribution in [-0.2, 0) is 4.79 Å². The Morgan fingerprint density at radius 2 is 1.56 bits per heavy atom. The fourth-order valence-electron chi connectivity index (χ4n) is 2.46. The van der Waals surface area contributed by atoms with Crippen LogP contribution in [0.3, 0.4) is 0 Å². The van der Waals surface area contributed by atoms with Gasteiger partial charge in [-0.25, -0.2) is 0 Å². The molecule has 0 spiro atoms. The lowest BCUT2D eigenvalue weighted by Gasteiger charge is -2.08. The van der Waals surface area contributed by atoms with Crippen molar-refractivity contribution in [2.75, 3.05) is 10.5 Å². The average molecular weight is 394 g/mol. The highest BCUT2D eigenvalue weighted by molar-refractivity contribution is 8.14. The van der Waals surface area contributed by atoms with E-state index >= 15 is 0 Å². The van der Waals surface area contributed by atoms with E-state index in [2.05, 4.69) is 29.0 Å². The first-order valence-corrected chi connectivity index (χ1v) is 10.3. The van der Waals surface area contributed by atoms with Crippen LogP contribution >= 0.6 is 23.7 Å². The quantitative estimate of drug-likeness (QED) is 0.398. The molecule has 0 bridgehead atoms. The lowest BCUT2D eigenvalue weighted by Crippen LogP contribution is -2.04. The minimum atomic E-state index is -0.0468. The highest BCUT2D eigenvalue weighted by atomic mass is 32.2.